The van der Waals surface area contributed by atoms with E-state index in [1.165, 1.54) is 18.3 Å². The Morgan fingerprint density at radius 2 is 2.00 bits per heavy atom. The van der Waals surface area contributed by atoms with Gasteiger partial charge in [-0.2, -0.15) is 5.10 Å². The summed E-state index contributed by atoms with van der Waals surface area (Å²) >= 11 is 6.44. The van der Waals surface area contributed by atoms with E-state index in [4.69, 9.17) is 21.1 Å². The Bertz CT molecular complexity index is 1510. The van der Waals surface area contributed by atoms with Crippen LogP contribution in [0, 0.1) is 12.7 Å². The summed E-state index contributed by atoms with van der Waals surface area (Å²) in [7, 11) is 0. The number of rotatable bonds is 7. The number of aliphatic hydroxyl groups is 1. The van der Waals surface area contributed by atoms with Gasteiger partial charge in [-0.05, 0) is 38.0 Å². The number of morpholine rings is 1. The summed E-state index contributed by atoms with van der Waals surface area (Å²) in [6.45, 7) is 5.27. The molecular weight excluding hydrogens is 539 g/mol. The van der Waals surface area contributed by atoms with E-state index in [9.17, 15) is 9.50 Å². The lowest BCUT2D eigenvalue weighted by Crippen LogP contribution is -2.65. The number of halogens is 2. The van der Waals surface area contributed by atoms with Gasteiger partial charge in [0.25, 0.3) is 0 Å². The summed E-state index contributed by atoms with van der Waals surface area (Å²) < 4.78 is 28.9. The van der Waals surface area contributed by atoms with E-state index < -0.39 is 11.9 Å². The van der Waals surface area contributed by atoms with Gasteiger partial charge in [0.05, 0.1) is 54.7 Å². The Hall–Kier alpha value is -3.16. The topological polar surface area (TPSA) is 115 Å². The van der Waals surface area contributed by atoms with Crippen LogP contribution in [0.2, 0.25) is 5.02 Å². The maximum Gasteiger partial charge on any atom is 0.163 e. The summed E-state index contributed by atoms with van der Waals surface area (Å²) in [5, 5.41) is 27.5. The molecule has 3 unspecified atom stereocenters. The van der Waals surface area contributed by atoms with E-state index in [2.05, 4.69) is 30.6 Å². The monoisotopic (exact) mass is 568 g/mol. The van der Waals surface area contributed by atoms with Crippen molar-refractivity contribution in [3.05, 3.63) is 59.0 Å². The lowest BCUT2D eigenvalue weighted by atomic mass is 9.84. The SMILES string of the molecule is Cc1c(-c2cc(OC(CO)c3ccc(F)cn3)c3c(Cl)cnn3c2)nnn1C1CC(N2CC3COCC(C2)N3)C1. The third-order valence-electron chi connectivity index (χ3n) is 8.22. The first-order chi connectivity index (χ1) is 19.5. The fourth-order valence-corrected chi connectivity index (χ4v) is 6.36. The van der Waals surface area contributed by atoms with Gasteiger partial charge in [-0.15, -0.1) is 5.10 Å². The van der Waals surface area contributed by atoms with Crippen molar-refractivity contribution in [1.82, 2.24) is 39.8 Å². The van der Waals surface area contributed by atoms with Crippen molar-refractivity contribution in [2.75, 3.05) is 32.9 Å². The predicted molar refractivity (Wildman–Crippen MR) is 144 cm³/mol. The normalized spacial score (nSPS) is 25.6. The molecule has 2 aliphatic heterocycles. The number of hydrogen-bond donors (Lipinski definition) is 2. The standard InChI is InChI=1S/C27H30ClFN8O3/c1-15-26(33-34-37(15)21-5-20(6-21)35-10-18-13-39-14-19(11-35)32-18)16-4-24(27-22(28)8-31-36(27)9-16)40-25(12-38)23-3-2-17(29)7-30-23/h2-4,7-9,18-21,25,32,38H,5-6,10-14H2,1H3. The predicted octanol–water partition coefficient (Wildman–Crippen LogP) is 2.58. The lowest BCUT2D eigenvalue weighted by Gasteiger charge is -2.50. The molecule has 0 aromatic carbocycles. The van der Waals surface area contributed by atoms with Gasteiger partial charge in [0.1, 0.15) is 22.8 Å². The number of ether oxygens (including phenoxy) is 2. The average molecular weight is 569 g/mol. The highest BCUT2D eigenvalue weighted by Gasteiger charge is 2.41. The van der Waals surface area contributed by atoms with Crippen molar-refractivity contribution in [1.29, 1.82) is 0 Å². The highest BCUT2D eigenvalue weighted by atomic mass is 35.5. The first kappa shape index (κ1) is 25.8. The highest BCUT2D eigenvalue weighted by molar-refractivity contribution is 6.34. The molecule has 210 valence electrons. The van der Waals surface area contributed by atoms with Crippen molar-refractivity contribution in [3.63, 3.8) is 0 Å². The average Bonchev–Trinajstić information content (AvgIpc) is 3.49. The molecule has 0 spiro atoms. The van der Waals surface area contributed by atoms with Crippen molar-refractivity contribution < 1.29 is 19.0 Å². The number of fused-ring (bicyclic) bond motifs is 3. The molecule has 2 N–H and O–H groups in total. The zero-order valence-electron chi connectivity index (χ0n) is 22.0. The minimum atomic E-state index is -0.828. The molecule has 1 aliphatic carbocycles. The van der Waals surface area contributed by atoms with Gasteiger partial charge in [-0.1, -0.05) is 16.8 Å². The molecule has 0 amide bonds. The second-order valence-electron chi connectivity index (χ2n) is 10.9. The zero-order valence-corrected chi connectivity index (χ0v) is 22.7. The third-order valence-corrected chi connectivity index (χ3v) is 8.49. The van der Waals surface area contributed by atoms with E-state index in [-0.39, 0.29) is 6.61 Å². The first-order valence-corrected chi connectivity index (χ1v) is 13.9. The molecule has 6 heterocycles. The summed E-state index contributed by atoms with van der Waals surface area (Å²) in [5.74, 6) is -0.0684. The molecule has 3 atom stereocenters. The van der Waals surface area contributed by atoms with Gasteiger partial charge in [0.15, 0.2) is 6.10 Å². The zero-order chi connectivity index (χ0) is 27.4. The Balaban J connectivity index is 1.13. The van der Waals surface area contributed by atoms with Crippen LogP contribution in [0.5, 0.6) is 5.75 Å². The van der Waals surface area contributed by atoms with Gasteiger partial charge in [0, 0.05) is 43.0 Å². The van der Waals surface area contributed by atoms with Crippen LogP contribution >= 0.6 is 11.6 Å². The van der Waals surface area contributed by atoms with Crippen LogP contribution in [0.3, 0.4) is 0 Å². The number of aliphatic hydroxyl groups excluding tert-OH is 1. The number of nitrogens with one attached hydrogen (secondary N) is 1. The van der Waals surface area contributed by atoms with Crippen molar-refractivity contribution in [2.45, 2.75) is 50.0 Å². The molecule has 7 rings (SSSR count). The largest absolute Gasteiger partial charge is 0.479 e. The van der Waals surface area contributed by atoms with Gasteiger partial charge < -0.3 is 19.9 Å². The maximum absolute atomic E-state index is 13.4. The number of pyridine rings is 2. The Morgan fingerprint density at radius 1 is 1.20 bits per heavy atom. The van der Waals surface area contributed by atoms with Gasteiger partial charge in [-0.3, -0.25) is 9.88 Å². The van der Waals surface area contributed by atoms with Crippen LogP contribution in [-0.2, 0) is 4.74 Å². The lowest BCUT2D eigenvalue weighted by molar-refractivity contribution is -0.0386. The molecule has 1 saturated carbocycles. The molecule has 11 nitrogen and oxygen atoms in total. The number of piperazine rings is 1. The van der Waals surface area contributed by atoms with Crippen LogP contribution in [-0.4, -0.2) is 90.6 Å². The van der Waals surface area contributed by atoms with Gasteiger partial charge >= 0.3 is 0 Å². The molecule has 2 saturated heterocycles. The molecule has 4 aromatic heterocycles. The summed E-state index contributed by atoms with van der Waals surface area (Å²) in [5.41, 5.74) is 3.36. The van der Waals surface area contributed by atoms with Crippen LogP contribution in [0.4, 0.5) is 4.39 Å². The summed E-state index contributed by atoms with van der Waals surface area (Å²) in [4.78, 5) is 6.67. The van der Waals surface area contributed by atoms with Gasteiger partial charge in [-0.25, -0.2) is 13.6 Å². The van der Waals surface area contributed by atoms with E-state index in [1.807, 2.05) is 23.9 Å². The fraction of sp³-hybridized carbons (Fsp3) is 0.481. The highest BCUT2D eigenvalue weighted by Crippen LogP contribution is 2.39. The van der Waals surface area contributed by atoms with E-state index in [1.54, 1.807) is 4.52 Å². The smallest absolute Gasteiger partial charge is 0.163 e. The molecular formula is C27H30ClFN8O3. The van der Waals surface area contributed by atoms with Crippen molar-refractivity contribution >= 4 is 17.1 Å². The number of hydrogen-bond acceptors (Lipinski definition) is 9. The van der Waals surface area contributed by atoms with Crippen LogP contribution in [0.25, 0.3) is 16.8 Å². The summed E-state index contributed by atoms with van der Waals surface area (Å²) in [6.07, 6.45) is 5.71. The molecule has 2 bridgehead atoms. The van der Waals surface area contributed by atoms with E-state index in [0.29, 0.717) is 46.2 Å². The fourth-order valence-electron chi connectivity index (χ4n) is 6.13. The van der Waals surface area contributed by atoms with E-state index >= 15 is 0 Å². The number of aromatic nitrogens is 6. The Morgan fingerprint density at radius 3 is 2.73 bits per heavy atom. The van der Waals surface area contributed by atoms with Crippen LogP contribution < -0.4 is 10.1 Å². The molecule has 3 fully saturated rings. The second-order valence-corrected chi connectivity index (χ2v) is 11.3. The van der Waals surface area contributed by atoms with Gasteiger partial charge in [0.2, 0.25) is 0 Å². The summed E-state index contributed by atoms with van der Waals surface area (Å²) in [6, 6.07) is 6.25. The minimum absolute atomic E-state index is 0.291. The maximum atomic E-state index is 13.4. The molecule has 4 aromatic rings. The molecule has 13 heteroatoms. The molecule has 0 radical (unpaired) electrons. The Kier molecular flexibility index (Phi) is 6.67. The van der Waals surface area contributed by atoms with Crippen molar-refractivity contribution in [2.24, 2.45) is 0 Å². The number of nitrogens with zero attached hydrogens (tertiary/aromatic N) is 7. The third kappa shape index (κ3) is 4.63. The van der Waals surface area contributed by atoms with E-state index in [0.717, 1.165) is 62.3 Å². The molecule has 40 heavy (non-hydrogen) atoms. The quantitative estimate of drug-likeness (QED) is 0.347. The van der Waals surface area contributed by atoms with Crippen molar-refractivity contribution in [3.8, 4) is 17.0 Å². The Labute approximate surface area is 234 Å². The van der Waals surface area contributed by atoms with Crippen LogP contribution in [0.1, 0.15) is 36.4 Å². The second kappa shape index (κ2) is 10.3. The minimum Gasteiger partial charge on any atom is -0.479 e. The van der Waals surface area contributed by atoms with Crippen LogP contribution in [0.15, 0.2) is 36.8 Å². The molecule has 3 aliphatic rings. The first-order valence-electron chi connectivity index (χ1n) is 13.5.